The zero-order valence-corrected chi connectivity index (χ0v) is 7.63. The zero-order valence-electron chi connectivity index (χ0n) is 7.63. The van der Waals surface area contributed by atoms with Crippen LogP contribution >= 0.6 is 0 Å². The lowest BCUT2D eigenvalue weighted by Crippen LogP contribution is -2.09. The average Bonchev–Trinajstić information content (AvgIpc) is 1.83. The van der Waals surface area contributed by atoms with Crippen molar-refractivity contribution in [1.82, 2.24) is 0 Å². The molecule has 1 atom stereocenters. The third-order valence-electron chi connectivity index (χ3n) is 0.942. The molecule has 0 heterocycles. The summed E-state index contributed by atoms with van der Waals surface area (Å²) in [6.45, 7) is 7.83. The van der Waals surface area contributed by atoms with E-state index in [1.165, 1.54) is 0 Å². The van der Waals surface area contributed by atoms with Gasteiger partial charge in [-0.3, -0.25) is 0 Å². The van der Waals surface area contributed by atoms with Crippen LogP contribution in [0.15, 0.2) is 10.2 Å². The summed E-state index contributed by atoms with van der Waals surface area (Å²) in [5.74, 6) is 0. The lowest BCUT2D eigenvalue weighted by atomic mass is 10.1. The van der Waals surface area contributed by atoms with E-state index in [-0.39, 0.29) is 11.6 Å². The minimum atomic E-state index is -0.121. The first-order valence-electron chi connectivity index (χ1n) is 3.74. The highest BCUT2D eigenvalue weighted by Crippen LogP contribution is 2.08. The largest absolute Gasteiger partial charge is 0.198 e. The first-order valence-corrected chi connectivity index (χ1v) is 3.74. The van der Waals surface area contributed by atoms with Gasteiger partial charge in [-0.05, 0) is 27.7 Å². The van der Waals surface area contributed by atoms with E-state index in [9.17, 15) is 0 Å². The molecule has 3 heteroatoms. The van der Waals surface area contributed by atoms with Crippen molar-refractivity contribution in [2.75, 3.05) is 0 Å². The summed E-state index contributed by atoms with van der Waals surface area (Å²) in [5.41, 5.74) is -0.121. The summed E-state index contributed by atoms with van der Waals surface area (Å²) in [7, 11) is 0. The van der Waals surface area contributed by atoms with Gasteiger partial charge in [0.05, 0.1) is 24.1 Å². The third-order valence-corrected chi connectivity index (χ3v) is 0.942. The van der Waals surface area contributed by atoms with E-state index in [4.69, 9.17) is 5.26 Å². The monoisotopic (exact) mass is 153 g/mol. The highest BCUT2D eigenvalue weighted by atomic mass is 15.1. The van der Waals surface area contributed by atoms with Crippen LogP contribution in [-0.4, -0.2) is 11.6 Å². The predicted octanol–water partition coefficient (Wildman–Crippen LogP) is 2.54. The fraction of sp³-hybridized carbons (Fsp3) is 0.875. The molecule has 0 saturated carbocycles. The number of nitrogens with zero attached hydrogens (tertiary/aromatic N) is 3. The fourth-order valence-corrected chi connectivity index (χ4v) is 0.445. The fourth-order valence-electron chi connectivity index (χ4n) is 0.445. The molecule has 0 N–H and O–H groups in total. The van der Waals surface area contributed by atoms with Crippen LogP contribution < -0.4 is 0 Å². The van der Waals surface area contributed by atoms with Crippen molar-refractivity contribution in [3.63, 3.8) is 0 Å². The summed E-state index contributed by atoms with van der Waals surface area (Å²) in [6, 6.07) is 2.08. The van der Waals surface area contributed by atoms with Crippen molar-refractivity contribution < 1.29 is 0 Å². The summed E-state index contributed by atoms with van der Waals surface area (Å²) < 4.78 is 0. The highest BCUT2D eigenvalue weighted by Gasteiger charge is 2.07. The van der Waals surface area contributed by atoms with E-state index >= 15 is 0 Å². The highest BCUT2D eigenvalue weighted by molar-refractivity contribution is 4.77. The molecule has 1 unspecified atom stereocenters. The molecule has 3 nitrogen and oxygen atoms in total. The maximum Gasteiger partial charge on any atom is 0.0810 e. The van der Waals surface area contributed by atoms with Crippen LogP contribution in [0.1, 0.15) is 34.1 Å². The number of rotatable bonds is 2. The second-order valence-electron chi connectivity index (χ2n) is 3.60. The SMILES string of the molecule is CC(CC#N)N=NC(C)(C)C. The van der Waals surface area contributed by atoms with E-state index in [0.717, 1.165) is 0 Å². The molecule has 0 spiro atoms. The molecule has 0 aromatic carbocycles. The van der Waals surface area contributed by atoms with E-state index < -0.39 is 0 Å². The Bertz CT molecular complexity index is 171. The van der Waals surface area contributed by atoms with Crippen molar-refractivity contribution in [2.24, 2.45) is 10.2 Å². The molecule has 62 valence electrons. The molecule has 0 aromatic heterocycles. The predicted molar refractivity (Wildman–Crippen MR) is 44.3 cm³/mol. The van der Waals surface area contributed by atoms with Crippen molar-refractivity contribution in [2.45, 2.75) is 45.7 Å². The van der Waals surface area contributed by atoms with Gasteiger partial charge in [0, 0.05) is 0 Å². The number of hydrogen-bond donors (Lipinski definition) is 0. The van der Waals surface area contributed by atoms with Crippen molar-refractivity contribution in [3.05, 3.63) is 0 Å². The second kappa shape index (κ2) is 4.07. The van der Waals surface area contributed by atoms with Crippen LogP contribution in [0.5, 0.6) is 0 Å². The Labute approximate surface area is 68.1 Å². The topological polar surface area (TPSA) is 48.5 Å². The Balaban J connectivity index is 3.85. The first-order chi connectivity index (χ1) is 4.95. The Morgan fingerprint density at radius 3 is 2.36 bits per heavy atom. The standard InChI is InChI=1S/C8H15N3/c1-7(5-6-9)10-11-8(2,3)4/h7H,5H2,1-4H3. The molecule has 0 saturated heterocycles. The van der Waals surface area contributed by atoms with Crippen LogP contribution in [0.2, 0.25) is 0 Å². The smallest absolute Gasteiger partial charge is 0.0810 e. The first kappa shape index (κ1) is 10.1. The van der Waals surface area contributed by atoms with Gasteiger partial charge in [-0.2, -0.15) is 15.5 Å². The third kappa shape index (κ3) is 6.98. The van der Waals surface area contributed by atoms with Gasteiger partial charge in [-0.25, -0.2) is 0 Å². The van der Waals surface area contributed by atoms with E-state index in [0.29, 0.717) is 6.42 Å². The van der Waals surface area contributed by atoms with Crippen LogP contribution in [-0.2, 0) is 0 Å². The summed E-state index contributed by atoms with van der Waals surface area (Å²) in [5, 5.41) is 16.4. The van der Waals surface area contributed by atoms with Gasteiger partial charge < -0.3 is 0 Å². The molecule has 0 bridgehead atoms. The van der Waals surface area contributed by atoms with Gasteiger partial charge in [0.2, 0.25) is 0 Å². The summed E-state index contributed by atoms with van der Waals surface area (Å²) in [6.07, 6.45) is 0.444. The average molecular weight is 153 g/mol. The Kier molecular flexibility index (Phi) is 3.73. The van der Waals surface area contributed by atoms with Crippen LogP contribution in [0.4, 0.5) is 0 Å². The molecule has 0 aliphatic rings. The molecular weight excluding hydrogens is 138 g/mol. The summed E-state index contributed by atoms with van der Waals surface area (Å²) >= 11 is 0. The van der Waals surface area contributed by atoms with Gasteiger partial charge in [0.15, 0.2) is 0 Å². The van der Waals surface area contributed by atoms with Gasteiger partial charge in [0.1, 0.15) is 0 Å². The summed E-state index contributed by atoms with van der Waals surface area (Å²) in [4.78, 5) is 0. The molecule has 0 aromatic rings. The molecule has 0 aliphatic heterocycles. The molecule has 0 radical (unpaired) electrons. The van der Waals surface area contributed by atoms with Crippen LogP contribution in [0, 0.1) is 11.3 Å². The normalized spacial score (nSPS) is 14.8. The molecular formula is C8H15N3. The quantitative estimate of drug-likeness (QED) is 0.562. The molecule has 0 fully saturated rings. The van der Waals surface area contributed by atoms with Crippen molar-refractivity contribution in [1.29, 1.82) is 5.26 Å². The van der Waals surface area contributed by atoms with Crippen molar-refractivity contribution >= 4 is 0 Å². The Hall–Kier alpha value is -0.910. The zero-order chi connectivity index (χ0) is 8.91. The molecule has 0 aliphatic carbocycles. The Morgan fingerprint density at radius 1 is 1.45 bits per heavy atom. The van der Waals surface area contributed by atoms with E-state index in [1.54, 1.807) is 0 Å². The number of nitriles is 1. The molecule has 0 rings (SSSR count). The van der Waals surface area contributed by atoms with Crippen LogP contribution in [0.3, 0.4) is 0 Å². The van der Waals surface area contributed by atoms with E-state index in [2.05, 4.69) is 10.2 Å². The second-order valence-corrected chi connectivity index (χ2v) is 3.60. The Morgan fingerprint density at radius 2 is 2.00 bits per heavy atom. The van der Waals surface area contributed by atoms with E-state index in [1.807, 2.05) is 33.8 Å². The van der Waals surface area contributed by atoms with Crippen molar-refractivity contribution in [3.8, 4) is 6.07 Å². The maximum absolute atomic E-state index is 8.31. The van der Waals surface area contributed by atoms with Gasteiger partial charge in [-0.15, -0.1) is 0 Å². The minimum Gasteiger partial charge on any atom is -0.198 e. The van der Waals surface area contributed by atoms with Gasteiger partial charge >= 0.3 is 0 Å². The van der Waals surface area contributed by atoms with Crippen LogP contribution in [0.25, 0.3) is 0 Å². The van der Waals surface area contributed by atoms with Gasteiger partial charge in [-0.1, -0.05) is 0 Å². The molecule has 11 heavy (non-hydrogen) atoms. The lowest BCUT2D eigenvalue weighted by Gasteiger charge is -2.10. The lowest BCUT2D eigenvalue weighted by molar-refractivity contribution is 0.517. The minimum absolute atomic E-state index is 0.0271. The maximum atomic E-state index is 8.31. The van der Waals surface area contributed by atoms with Gasteiger partial charge in [0.25, 0.3) is 0 Å². The molecule has 0 amide bonds. The number of hydrogen-bond acceptors (Lipinski definition) is 3. The number of azo groups is 1.